The van der Waals surface area contributed by atoms with Gasteiger partial charge >= 0.3 is 6.03 Å². The first-order chi connectivity index (χ1) is 16.1. The van der Waals surface area contributed by atoms with Crippen molar-refractivity contribution in [1.82, 2.24) is 15.5 Å². The molecule has 2 aliphatic rings. The van der Waals surface area contributed by atoms with Crippen molar-refractivity contribution in [3.05, 3.63) is 24.3 Å². The van der Waals surface area contributed by atoms with Crippen LogP contribution in [-0.4, -0.2) is 53.9 Å². The van der Waals surface area contributed by atoms with Gasteiger partial charge < -0.3 is 20.7 Å². The highest BCUT2D eigenvalue weighted by atomic mass is 16.5. The molecule has 1 aliphatic carbocycles. The van der Waals surface area contributed by atoms with Gasteiger partial charge in [-0.1, -0.05) is 27.2 Å². The van der Waals surface area contributed by atoms with Crippen molar-refractivity contribution >= 4 is 29.4 Å². The summed E-state index contributed by atoms with van der Waals surface area (Å²) in [7, 11) is 0. The summed E-state index contributed by atoms with van der Waals surface area (Å²) in [5, 5.41) is 8.00. The van der Waals surface area contributed by atoms with Crippen molar-refractivity contribution in [1.29, 1.82) is 0 Å². The molecular formula is C25H36N4O5. The molecule has 1 aliphatic heterocycles. The van der Waals surface area contributed by atoms with Gasteiger partial charge in [-0.15, -0.1) is 0 Å². The molecule has 1 saturated heterocycles. The Bertz CT molecular complexity index is 920. The molecule has 1 heterocycles. The molecule has 34 heavy (non-hydrogen) atoms. The number of ether oxygens (including phenoxy) is 1. The number of urea groups is 1. The summed E-state index contributed by atoms with van der Waals surface area (Å²) >= 11 is 0. The lowest BCUT2D eigenvalue weighted by Gasteiger charge is -2.42. The largest absolute Gasteiger partial charge is 0.494 e. The van der Waals surface area contributed by atoms with Gasteiger partial charge in [-0.05, 0) is 68.2 Å². The summed E-state index contributed by atoms with van der Waals surface area (Å²) in [6.07, 6.45) is 3.93. The number of hydrogen-bond acceptors (Lipinski definition) is 5. The molecule has 5 amide bonds. The number of benzene rings is 1. The molecule has 1 spiro atoms. The maximum atomic E-state index is 13.1. The van der Waals surface area contributed by atoms with E-state index in [0.29, 0.717) is 36.8 Å². The Morgan fingerprint density at radius 1 is 1.12 bits per heavy atom. The van der Waals surface area contributed by atoms with E-state index in [1.807, 2.05) is 6.92 Å². The van der Waals surface area contributed by atoms with Crippen molar-refractivity contribution in [2.45, 2.75) is 65.3 Å². The lowest BCUT2D eigenvalue weighted by molar-refractivity contribution is -0.136. The van der Waals surface area contributed by atoms with Gasteiger partial charge in [0, 0.05) is 5.69 Å². The van der Waals surface area contributed by atoms with Gasteiger partial charge in [0.15, 0.2) is 0 Å². The molecule has 9 nitrogen and oxygen atoms in total. The second-order valence-corrected chi connectivity index (χ2v) is 9.80. The normalized spacial score (nSPS) is 22.5. The minimum atomic E-state index is -0.914. The highest BCUT2D eigenvalue weighted by Gasteiger charge is 2.53. The Labute approximate surface area is 201 Å². The molecule has 3 N–H and O–H groups in total. The third-order valence-electron chi connectivity index (χ3n) is 7.30. The minimum Gasteiger partial charge on any atom is -0.494 e. The van der Waals surface area contributed by atoms with E-state index in [9.17, 15) is 19.2 Å². The van der Waals surface area contributed by atoms with Crippen LogP contribution < -0.4 is 20.7 Å². The zero-order chi connectivity index (χ0) is 24.9. The smallest absolute Gasteiger partial charge is 0.325 e. The van der Waals surface area contributed by atoms with Gasteiger partial charge in [-0.2, -0.15) is 0 Å². The zero-order valence-electron chi connectivity index (χ0n) is 20.5. The average Bonchev–Trinajstić information content (AvgIpc) is 3.03. The fourth-order valence-electron chi connectivity index (χ4n) is 4.72. The lowest BCUT2D eigenvalue weighted by atomic mass is 9.65. The fourth-order valence-corrected chi connectivity index (χ4v) is 4.72. The van der Waals surface area contributed by atoms with Gasteiger partial charge in [0.1, 0.15) is 17.8 Å². The van der Waals surface area contributed by atoms with E-state index < -0.39 is 29.9 Å². The van der Waals surface area contributed by atoms with Gasteiger partial charge in [-0.3, -0.25) is 19.3 Å². The second-order valence-electron chi connectivity index (χ2n) is 9.80. The number of nitrogens with zero attached hydrogens (tertiary/aromatic N) is 1. The molecule has 0 radical (unpaired) electrons. The van der Waals surface area contributed by atoms with E-state index in [0.717, 1.165) is 24.2 Å². The van der Waals surface area contributed by atoms with Crippen molar-refractivity contribution in [2.24, 2.45) is 11.3 Å². The molecule has 186 valence electrons. The van der Waals surface area contributed by atoms with Gasteiger partial charge in [-0.25, -0.2) is 4.79 Å². The summed E-state index contributed by atoms with van der Waals surface area (Å²) in [4.78, 5) is 51.1. The van der Waals surface area contributed by atoms with E-state index in [1.54, 1.807) is 24.3 Å². The monoisotopic (exact) mass is 472 g/mol. The number of imide groups is 1. The molecule has 1 aromatic rings. The average molecular weight is 473 g/mol. The van der Waals surface area contributed by atoms with Crippen LogP contribution in [0.25, 0.3) is 0 Å². The number of anilines is 1. The van der Waals surface area contributed by atoms with Crippen LogP contribution in [0.5, 0.6) is 5.75 Å². The molecule has 1 saturated carbocycles. The molecule has 1 aromatic carbocycles. The summed E-state index contributed by atoms with van der Waals surface area (Å²) in [6, 6.07) is 6.33. The summed E-state index contributed by atoms with van der Waals surface area (Å²) in [5.41, 5.74) is -0.151. The molecule has 2 fully saturated rings. The summed E-state index contributed by atoms with van der Waals surface area (Å²) in [5.74, 6) is -0.132. The quantitative estimate of drug-likeness (QED) is 0.478. The highest BCUT2D eigenvalue weighted by Crippen LogP contribution is 2.45. The number of hydrogen-bond donors (Lipinski definition) is 3. The van der Waals surface area contributed by atoms with E-state index in [-0.39, 0.29) is 17.9 Å². The molecule has 9 heteroatoms. The van der Waals surface area contributed by atoms with Crippen molar-refractivity contribution in [3.8, 4) is 5.75 Å². The van der Waals surface area contributed by atoms with Gasteiger partial charge in [0.2, 0.25) is 11.8 Å². The fraction of sp³-hybridized carbons (Fsp3) is 0.600. The third-order valence-corrected chi connectivity index (χ3v) is 7.30. The number of amides is 5. The third kappa shape index (κ3) is 5.69. The molecule has 0 unspecified atom stereocenters. The molecular weight excluding hydrogens is 436 g/mol. The van der Waals surface area contributed by atoms with Crippen LogP contribution in [0.2, 0.25) is 0 Å². The SMILES string of the molecule is CCOc1ccc(NC(=O)CNC(=O)CN2C(=O)NC3(CCC(C(C)(C)CC)CC3)C2=O)cc1. The molecule has 0 aromatic heterocycles. The van der Waals surface area contributed by atoms with Crippen LogP contribution in [0, 0.1) is 11.3 Å². The first kappa shape index (κ1) is 25.5. The topological polar surface area (TPSA) is 117 Å². The first-order valence-electron chi connectivity index (χ1n) is 12.0. The maximum absolute atomic E-state index is 13.1. The van der Waals surface area contributed by atoms with Crippen LogP contribution in [0.15, 0.2) is 24.3 Å². The molecule has 3 rings (SSSR count). The van der Waals surface area contributed by atoms with Gasteiger partial charge in [0.25, 0.3) is 5.91 Å². The summed E-state index contributed by atoms with van der Waals surface area (Å²) in [6.45, 7) is 8.41. The Balaban J connectivity index is 1.48. The van der Waals surface area contributed by atoms with Crippen LogP contribution in [0.3, 0.4) is 0 Å². The Morgan fingerprint density at radius 3 is 2.35 bits per heavy atom. The van der Waals surface area contributed by atoms with E-state index in [4.69, 9.17) is 4.74 Å². The summed E-state index contributed by atoms with van der Waals surface area (Å²) < 4.78 is 5.36. The van der Waals surface area contributed by atoms with Crippen molar-refractivity contribution < 1.29 is 23.9 Å². The number of nitrogens with one attached hydrogen (secondary N) is 3. The highest BCUT2D eigenvalue weighted by molar-refractivity contribution is 6.09. The Kier molecular flexibility index (Phi) is 7.84. The molecule has 0 bridgehead atoms. The van der Waals surface area contributed by atoms with Crippen molar-refractivity contribution in [3.63, 3.8) is 0 Å². The van der Waals surface area contributed by atoms with Crippen LogP contribution in [0.1, 0.15) is 59.8 Å². The van der Waals surface area contributed by atoms with Gasteiger partial charge in [0.05, 0.1) is 13.2 Å². The number of carbonyl (C=O) groups is 4. The van der Waals surface area contributed by atoms with Crippen LogP contribution >= 0.6 is 0 Å². The Morgan fingerprint density at radius 2 is 1.76 bits per heavy atom. The number of carbonyl (C=O) groups excluding carboxylic acids is 4. The van der Waals surface area contributed by atoms with Crippen LogP contribution in [-0.2, 0) is 14.4 Å². The predicted octanol–water partition coefficient (Wildman–Crippen LogP) is 3.06. The zero-order valence-corrected chi connectivity index (χ0v) is 20.5. The second kappa shape index (κ2) is 10.4. The standard InChI is InChI=1S/C25H36N4O5/c1-5-24(3,4)17-11-13-25(14-12-17)22(32)29(23(33)28-25)16-21(31)26-15-20(30)27-18-7-9-19(10-8-18)34-6-2/h7-10,17H,5-6,11-16H2,1-4H3,(H,26,31)(H,27,30)(H,28,33). The van der Waals surface area contributed by atoms with Crippen LogP contribution in [0.4, 0.5) is 10.5 Å². The predicted molar refractivity (Wildman–Crippen MR) is 128 cm³/mol. The van der Waals surface area contributed by atoms with Crippen molar-refractivity contribution in [2.75, 3.05) is 25.0 Å². The minimum absolute atomic E-state index is 0.193. The lowest BCUT2D eigenvalue weighted by Crippen LogP contribution is -2.51. The molecule has 0 atom stereocenters. The first-order valence-corrected chi connectivity index (χ1v) is 12.0. The van der Waals surface area contributed by atoms with E-state index >= 15 is 0 Å². The van der Waals surface area contributed by atoms with E-state index in [1.165, 1.54) is 0 Å². The number of rotatable bonds is 9. The van der Waals surface area contributed by atoms with E-state index in [2.05, 4.69) is 36.7 Å². The maximum Gasteiger partial charge on any atom is 0.325 e. The Hall–Kier alpha value is -3.10.